The van der Waals surface area contributed by atoms with Crippen molar-refractivity contribution in [3.63, 3.8) is 0 Å². The number of rotatable bonds is 8. The molecule has 2 aliphatic heterocycles. The highest BCUT2D eigenvalue weighted by Gasteiger charge is 2.33. The van der Waals surface area contributed by atoms with Crippen molar-refractivity contribution >= 4 is 42.6 Å². The monoisotopic (exact) mass is 656 g/mol. The van der Waals surface area contributed by atoms with Gasteiger partial charge in [0.25, 0.3) is 5.91 Å². The molecule has 238 valence electrons. The molecule has 6 rings (SSSR count). The van der Waals surface area contributed by atoms with Crippen LogP contribution < -0.4 is 15.2 Å². The van der Waals surface area contributed by atoms with Crippen molar-refractivity contribution < 1.29 is 19.1 Å². The van der Waals surface area contributed by atoms with Crippen molar-refractivity contribution in [2.75, 3.05) is 26.7 Å². The van der Waals surface area contributed by atoms with Crippen LogP contribution >= 0.6 is 11.6 Å². The minimum atomic E-state index is -2.43. The molecule has 2 aliphatic rings. The van der Waals surface area contributed by atoms with Gasteiger partial charge in [-0.3, -0.25) is 19.1 Å². The van der Waals surface area contributed by atoms with Gasteiger partial charge in [-0.2, -0.15) is 0 Å². The van der Waals surface area contributed by atoms with Gasteiger partial charge in [0, 0.05) is 41.3 Å². The Morgan fingerprint density at radius 1 is 1.07 bits per heavy atom. The highest BCUT2D eigenvalue weighted by atomic mass is 35.5. The summed E-state index contributed by atoms with van der Waals surface area (Å²) in [6, 6.07) is 19.9. The van der Waals surface area contributed by atoms with Gasteiger partial charge in [-0.25, -0.2) is 0 Å². The molecule has 1 unspecified atom stereocenters. The lowest BCUT2D eigenvalue weighted by Gasteiger charge is -2.19. The van der Waals surface area contributed by atoms with E-state index in [9.17, 15) is 14.4 Å². The number of hydrogen-bond donors (Lipinski definition) is 2. The van der Waals surface area contributed by atoms with Crippen molar-refractivity contribution in [2.24, 2.45) is 10.9 Å². The second kappa shape index (κ2) is 12.8. The summed E-state index contributed by atoms with van der Waals surface area (Å²) in [5.41, 5.74) is 3.83. The number of hydrogen-bond acceptors (Lipinski definition) is 7. The Hall–Kier alpha value is -4.32. The third-order valence-electron chi connectivity index (χ3n) is 8.66. The average Bonchev–Trinajstić information content (AvgIpc) is 3.65. The van der Waals surface area contributed by atoms with Crippen LogP contribution in [0, 0.1) is 12.8 Å². The summed E-state index contributed by atoms with van der Waals surface area (Å²) in [5, 5.41) is 13.4. The smallest absolute Gasteiger partial charge is 0.251 e. The zero-order valence-corrected chi connectivity index (χ0v) is 28.1. The Kier molecular flexibility index (Phi) is 8.82. The van der Waals surface area contributed by atoms with Crippen LogP contribution in [0.5, 0.6) is 5.75 Å². The van der Waals surface area contributed by atoms with Gasteiger partial charge in [-0.1, -0.05) is 35.9 Å². The molecule has 46 heavy (non-hydrogen) atoms. The summed E-state index contributed by atoms with van der Waals surface area (Å²) in [6.07, 6.45) is 0.913. The van der Waals surface area contributed by atoms with E-state index in [0.29, 0.717) is 53.3 Å². The minimum Gasteiger partial charge on any atom is -0.497 e. The number of aliphatic imine (C=N–C) groups is 1. The van der Waals surface area contributed by atoms with Crippen LogP contribution in [0.3, 0.4) is 0 Å². The molecular weight excluding hydrogens is 620 g/mol. The van der Waals surface area contributed by atoms with Gasteiger partial charge in [0.05, 0.1) is 24.9 Å². The number of amides is 2. The van der Waals surface area contributed by atoms with Gasteiger partial charge >= 0.3 is 0 Å². The van der Waals surface area contributed by atoms with Crippen molar-refractivity contribution in [1.82, 2.24) is 25.0 Å². The lowest BCUT2D eigenvalue weighted by molar-refractivity contribution is -0.130. The van der Waals surface area contributed by atoms with Gasteiger partial charge in [-0.15, -0.1) is 10.2 Å². The maximum absolute atomic E-state index is 13.8. The van der Waals surface area contributed by atoms with Gasteiger partial charge in [0.1, 0.15) is 17.6 Å². The molecule has 1 aromatic heterocycles. The first kappa shape index (κ1) is 31.7. The summed E-state index contributed by atoms with van der Waals surface area (Å²) in [4.78, 5) is 43.9. The molecular formula is C34H37ClN6O4Si. The first-order valence-corrected chi connectivity index (χ1v) is 18.7. The van der Waals surface area contributed by atoms with E-state index in [2.05, 4.69) is 15.5 Å². The number of halogens is 1. The minimum absolute atomic E-state index is 0.0276. The highest BCUT2D eigenvalue weighted by Crippen LogP contribution is 2.35. The number of fused-ring (bicyclic) bond motifs is 3. The van der Waals surface area contributed by atoms with Crippen molar-refractivity contribution in [1.29, 1.82) is 0 Å². The molecule has 0 spiro atoms. The van der Waals surface area contributed by atoms with Crippen LogP contribution in [0.2, 0.25) is 18.1 Å². The van der Waals surface area contributed by atoms with E-state index in [1.54, 1.807) is 19.2 Å². The SMILES string of the molecule is COc1ccc2c(c1)C(c1ccc(Cl)cc1)=N[C@@H](CC(=O)N1CCC(CNC(=O)c3ccc([Si](C)(C)O)cc3)C1)c1nnc(C)n1-2. The number of carbonyl (C=O) groups excluding carboxylic acids is 2. The zero-order chi connectivity index (χ0) is 32.6. The van der Waals surface area contributed by atoms with E-state index in [1.807, 2.05) is 84.1 Å². The summed E-state index contributed by atoms with van der Waals surface area (Å²) in [7, 11) is -0.801. The Labute approximate surface area is 274 Å². The van der Waals surface area contributed by atoms with Crippen molar-refractivity contribution in [2.45, 2.75) is 38.9 Å². The highest BCUT2D eigenvalue weighted by molar-refractivity contribution is 6.83. The third kappa shape index (κ3) is 6.48. The van der Waals surface area contributed by atoms with Crippen LogP contribution in [0.4, 0.5) is 0 Å². The summed E-state index contributed by atoms with van der Waals surface area (Å²) >= 11 is 6.22. The number of aryl methyl sites for hydroxylation is 1. The van der Waals surface area contributed by atoms with Crippen LogP contribution in [-0.2, 0) is 4.79 Å². The molecule has 0 saturated carbocycles. The number of nitrogens with zero attached hydrogens (tertiary/aromatic N) is 5. The molecule has 0 radical (unpaired) electrons. The lowest BCUT2D eigenvalue weighted by atomic mass is 10.00. The average molecular weight is 657 g/mol. The third-order valence-corrected chi connectivity index (χ3v) is 10.7. The van der Waals surface area contributed by atoms with Gasteiger partial charge in [-0.05, 0) is 80.0 Å². The summed E-state index contributed by atoms with van der Waals surface area (Å²) in [5.74, 6) is 1.93. The molecule has 0 bridgehead atoms. The van der Waals surface area contributed by atoms with E-state index in [-0.39, 0.29) is 24.2 Å². The Morgan fingerprint density at radius 3 is 2.50 bits per heavy atom. The van der Waals surface area contributed by atoms with Crippen LogP contribution in [0.1, 0.15) is 52.0 Å². The van der Waals surface area contributed by atoms with Gasteiger partial charge < -0.3 is 19.7 Å². The van der Waals surface area contributed by atoms with Gasteiger partial charge in [0.2, 0.25) is 14.2 Å². The van der Waals surface area contributed by atoms with E-state index in [4.69, 9.17) is 21.3 Å². The predicted molar refractivity (Wildman–Crippen MR) is 180 cm³/mol. The maximum atomic E-state index is 13.8. The summed E-state index contributed by atoms with van der Waals surface area (Å²) in [6.45, 7) is 7.20. The number of methoxy groups -OCH3 is 1. The Balaban J connectivity index is 1.19. The molecule has 3 heterocycles. The number of benzene rings is 3. The summed E-state index contributed by atoms with van der Waals surface area (Å²) < 4.78 is 7.53. The van der Waals surface area contributed by atoms with E-state index < -0.39 is 14.4 Å². The van der Waals surface area contributed by atoms with E-state index >= 15 is 0 Å². The topological polar surface area (TPSA) is 122 Å². The van der Waals surface area contributed by atoms with Crippen LogP contribution in [-0.4, -0.2) is 77.0 Å². The number of carbonyl (C=O) groups is 2. The predicted octanol–water partition coefficient (Wildman–Crippen LogP) is 4.20. The second-order valence-electron chi connectivity index (χ2n) is 12.4. The molecule has 1 saturated heterocycles. The quantitative estimate of drug-likeness (QED) is 0.274. The number of ether oxygens (including phenoxy) is 1. The molecule has 3 aromatic carbocycles. The molecule has 12 heteroatoms. The fraction of sp³-hybridized carbons (Fsp3) is 0.324. The standard InChI is InChI=1S/C34H37ClN6O4Si/c1-21-38-39-33-29(37-32(23-5-9-25(35)10-6-23)28-17-26(45-2)11-14-30(28)41(21)33)18-31(42)40-16-15-22(20-40)19-36-34(43)24-7-12-27(13-8-24)46(3,4)44/h5-14,17,22,29,44H,15-16,18-20H2,1-4H3,(H,36,43)/t22?,29-/m0/s1. The van der Waals surface area contributed by atoms with Crippen LogP contribution in [0.15, 0.2) is 71.7 Å². The number of aromatic nitrogens is 3. The first-order valence-electron chi connectivity index (χ1n) is 15.3. The van der Waals surface area contributed by atoms with Crippen molar-refractivity contribution in [3.05, 3.63) is 100 Å². The number of likely N-dealkylation sites (tertiary alicyclic amines) is 1. The molecule has 10 nitrogen and oxygen atoms in total. The number of nitrogens with one attached hydrogen (secondary N) is 1. The molecule has 2 N–H and O–H groups in total. The molecule has 2 atom stereocenters. The molecule has 2 amide bonds. The zero-order valence-electron chi connectivity index (χ0n) is 26.3. The van der Waals surface area contributed by atoms with Gasteiger partial charge in [0.15, 0.2) is 5.82 Å². The fourth-order valence-corrected chi connectivity index (χ4v) is 7.17. The maximum Gasteiger partial charge on any atom is 0.251 e. The second-order valence-corrected chi connectivity index (χ2v) is 16.5. The molecule has 4 aromatic rings. The Morgan fingerprint density at radius 2 is 1.80 bits per heavy atom. The van der Waals surface area contributed by atoms with Crippen LogP contribution in [0.25, 0.3) is 5.69 Å². The first-order chi connectivity index (χ1) is 22.0. The fourth-order valence-electron chi connectivity index (χ4n) is 6.07. The molecule has 1 fully saturated rings. The van der Waals surface area contributed by atoms with Crippen molar-refractivity contribution in [3.8, 4) is 11.4 Å². The van der Waals surface area contributed by atoms with E-state index in [0.717, 1.165) is 28.4 Å². The van der Waals surface area contributed by atoms with E-state index in [1.165, 1.54) is 0 Å². The largest absolute Gasteiger partial charge is 0.497 e. The Bertz CT molecular complexity index is 1800. The molecule has 0 aliphatic carbocycles. The lowest BCUT2D eigenvalue weighted by Crippen LogP contribution is -2.41. The normalized spacial score (nSPS) is 17.5.